The zero-order chi connectivity index (χ0) is 13.4. The van der Waals surface area contributed by atoms with Crippen molar-refractivity contribution in [3.05, 3.63) is 35.7 Å². The van der Waals surface area contributed by atoms with E-state index in [9.17, 15) is 0 Å². The van der Waals surface area contributed by atoms with Gasteiger partial charge in [0.2, 0.25) is 0 Å². The predicted molar refractivity (Wildman–Crippen MR) is 75.1 cm³/mol. The minimum Gasteiger partial charge on any atom is -0.497 e. The Morgan fingerprint density at radius 1 is 1.26 bits per heavy atom. The van der Waals surface area contributed by atoms with Gasteiger partial charge in [0.1, 0.15) is 17.4 Å². The second kappa shape index (κ2) is 4.53. The molecule has 0 radical (unpaired) electrons. The standard InChI is InChI=1S/C15H17N3O/c1-9-13(11-4-3-5-12(8-11)19-2)17-15(10-6-7-10)18-14(9)16/h3-5,8,10H,6-7H2,1-2H3,(H2,16,17,18). The molecule has 0 spiro atoms. The van der Waals surface area contributed by atoms with Crippen LogP contribution in [0.3, 0.4) is 0 Å². The van der Waals surface area contributed by atoms with E-state index in [-0.39, 0.29) is 0 Å². The number of rotatable bonds is 3. The fourth-order valence-electron chi connectivity index (χ4n) is 2.13. The molecule has 0 bridgehead atoms. The van der Waals surface area contributed by atoms with Crippen LogP contribution in [0.1, 0.15) is 30.1 Å². The number of hydrogen-bond donors (Lipinski definition) is 1. The highest BCUT2D eigenvalue weighted by Gasteiger charge is 2.28. The minimum atomic E-state index is 0.493. The molecule has 98 valence electrons. The van der Waals surface area contributed by atoms with Gasteiger partial charge in [-0.15, -0.1) is 0 Å². The van der Waals surface area contributed by atoms with Gasteiger partial charge in [0, 0.05) is 17.0 Å². The van der Waals surface area contributed by atoms with E-state index in [1.54, 1.807) is 7.11 Å². The van der Waals surface area contributed by atoms with Crippen LogP contribution >= 0.6 is 0 Å². The van der Waals surface area contributed by atoms with Gasteiger partial charge in [-0.3, -0.25) is 0 Å². The first kappa shape index (κ1) is 12.0. The van der Waals surface area contributed by atoms with E-state index in [0.29, 0.717) is 11.7 Å². The minimum absolute atomic E-state index is 0.493. The fraction of sp³-hybridized carbons (Fsp3) is 0.333. The average molecular weight is 255 g/mol. The molecule has 1 aliphatic rings. The van der Waals surface area contributed by atoms with Crippen LogP contribution in [0, 0.1) is 6.92 Å². The molecular formula is C15H17N3O. The van der Waals surface area contributed by atoms with Gasteiger partial charge in [0.05, 0.1) is 12.8 Å². The van der Waals surface area contributed by atoms with Crippen molar-refractivity contribution in [2.24, 2.45) is 0 Å². The van der Waals surface area contributed by atoms with Crippen LogP contribution in [-0.2, 0) is 0 Å². The predicted octanol–water partition coefficient (Wildman–Crippen LogP) is 2.92. The second-order valence-electron chi connectivity index (χ2n) is 4.95. The first-order valence-electron chi connectivity index (χ1n) is 6.47. The molecule has 1 saturated carbocycles. The van der Waals surface area contributed by atoms with E-state index in [1.165, 1.54) is 12.8 Å². The molecule has 0 atom stereocenters. The van der Waals surface area contributed by atoms with Crippen molar-refractivity contribution >= 4 is 5.82 Å². The maximum Gasteiger partial charge on any atom is 0.134 e. The Hall–Kier alpha value is -2.10. The van der Waals surface area contributed by atoms with Gasteiger partial charge in [-0.25, -0.2) is 9.97 Å². The van der Waals surface area contributed by atoms with E-state index >= 15 is 0 Å². The van der Waals surface area contributed by atoms with E-state index in [4.69, 9.17) is 15.5 Å². The zero-order valence-electron chi connectivity index (χ0n) is 11.2. The summed E-state index contributed by atoms with van der Waals surface area (Å²) in [5.41, 5.74) is 8.87. The summed E-state index contributed by atoms with van der Waals surface area (Å²) in [5.74, 6) is 2.77. The molecule has 1 fully saturated rings. The maximum absolute atomic E-state index is 6.01. The summed E-state index contributed by atoms with van der Waals surface area (Å²) in [5, 5.41) is 0. The Labute approximate surface area is 112 Å². The lowest BCUT2D eigenvalue weighted by Crippen LogP contribution is -2.04. The molecule has 4 nitrogen and oxygen atoms in total. The van der Waals surface area contributed by atoms with E-state index in [0.717, 1.165) is 28.4 Å². The fourth-order valence-corrected chi connectivity index (χ4v) is 2.13. The van der Waals surface area contributed by atoms with Crippen LogP contribution in [0.25, 0.3) is 11.3 Å². The molecule has 3 rings (SSSR count). The normalized spacial score (nSPS) is 14.4. The summed E-state index contributed by atoms with van der Waals surface area (Å²) in [6.07, 6.45) is 2.33. The zero-order valence-corrected chi connectivity index (χ0v) is 11.2. The topological polar surface area (TPSA) is 61.0 Å². The lowest BCUT2D eigenvalue weighted by molar-refractivity contribution is 0.415. The third kappa shape index (κ3) is 2.26. The van der Waals surface area contributed by atoms with Crippen molar-refractivity contribution in [1.29, 1.82) is 0 Å². The number of aromatic nitrogens is 2. The first-order valence-corrected chi connectivity index (χ1v) is 6.47. The molecule has 1 aromatic heterocycles. The lowest BCUT2D eigenvalue weighted by Gasteiger charge is -2.10. The maximum atomic E-state index is 6.01. The monoisotopic (exact) mass is 255 g/mol. The molecule has 0 saturated heterocycles. The SMILES string of the molecule is COc1cccc(-c2nc(C3CC3)nc(N)c2C)c1. The average Bonchev–Trinajstić information content (AvgIpc) is 3.26. The number of hydrogen-bond acceptors (Lipinski definition) is 4. The van der Waals surface area contributed by atoms with Crippen LogP contribution in [0.2, 0.25) is 0 Å². The number of nitrogens with zero attached hydrogens (tertiary/aromatic N) is 2. The number of anilines is 1. The van der Waals surface area contributed by atoms with Crippen molar-refractivity contribution < 1.29 is 4.74 Å². The van der Waals surface area contributed by atoms with Crippen LogP contribution in [0.15, 0.2) is 24.3 Å². The Morgan fingerprint density at radius 3 is 2.74 bits per heavy atom. The van der Waals surface area contributed by atoms with Crippen molar-refractivity contribution in [3.8, 4) is 17.0 Å². The first-order chi connectivity index (χ1) is 9.19. The van der Waals surface area contributed by atoms with Crippen LogP contribution in [0.5, 0.6) is 5.75 Å². The largest absolute Gasteiger partial charge is 0.497 e. The van der Waals surface area contributed by atoms with Gasteiger partial charge < -0.3 is 10.5 Å². The molecule has 1 aliphatic carbocycles. The van der Waals surface area contributed by atoms with E-state index in [2.05, 4.69) is 4.98 Å². The van der Waals surface area contributed by atoms with Crippen LogP contribution in [-0.4, -0.2) is 17.1 Å². The highest BCUT2D eigenvalue weighted by Crippen LogP contribution is 2.39. The molecule has 0 unspecified atom stereocenters. The Kier molecular flexibility index (Phi) is 2.85. The molecule has 1 aromatic carbocycles. The summed E-state index contributed by atoms with van der Waals surface area (Å²) in [4.78, 5) is 9.09. The lowest BCUT2D eigenvalue weighted by atomic mass is 10.1. The van der Waals surface area contributed by atoms with Gasteiger partial charge >= 0.3 is 0 Å². The summed E-state index contributed by atoms with van der Waals surface area (Å²) in [6.45, 7) is 1.96. The Balaban J connectivity index is 2.11. The number of benzene rings is 1. The molecular weight excluding hydrogens is 238 g/mol. The molecule has 0 aliphatic heterocycles. The van der Waals surface area contributed by atoms with Crippen molar-refractivity contribution in [2.75, 3.05) is 12.8 Å². The number of ether oxygens (including phenoxy) is 1. The van der Waals surface area contributed by atoms with E-state index in [1.807, 2.05) is 31.2 Å². The van der Waals surface area contributed by atoms with Gasteiger partial charge in [-0.2, -0.15) is 0 Å². The summed E-state index contributed by atoms with van der Waals surface area (Å²) < 4.78 is 5.26. The van der Waals surface area contributed by atoms with Gasteiger partial charge in [-0.1, -0.05) is 12.1 Å². The quantitative estimate of drug-likeness (QED) is 0.916. The smallest absolute Gasteiger partial charge is 0.134 e. The van der Waals surface area contributed by atoms with Gasteiger partial charge in [0.25, 0.3) is 0 Å². The Bertz CT molecular complexity index is 621. The third-order valence-electron chi connectivity index (χ3n) is 3.49. The molecule has 1 heterocycles. The van der Waals surface area contributed by atoms with Crippen LogP contribution < -0.4 is 10.5 Å². The van der Waals surface area contributed by atoms with Gasteiger partial charge in [-0.05, 0) is 31.9 Å². The second-order valence-corrected chi connectivity index (χ2v) is 4.95. The number of nitrogen functional groups attached to an aromatic ring is 1. The summed E-state index contributed by atoms with van der Waals surface area (Å²) >= 11 is 0. The number of methoxy groups -OCH3 is 1. The van der Waals surface area contributed by atoms with Crippen molar-refractivity contribution in [1.82, 2.24) is 9.97 Å². The van der Waals surface area contributed by atoms with E-state index < -0.39 is 0 Å². The van der Waals surface area contributed by atoms with Crippen molar-refractivity contribution in [3.63, 3.8) is 0 Å². The summed E-state index contributed by atoms with van der Waals surface area (Å²) in [7, 11) is 1.66. The Morgan fingerprint density at radius 2 is 2.05 bits per heavy atom. The van der Waals surface area contributed by atoms with Crippen molar-refractivity contribution in [2.45, 2.75) is 25.7 Å². The third-order valence-corrected chi connectivity index (χ3v) is 3.49. The highest BCUT2D eigenvalue weighted by atomic mass is 16.5. The molecule has 0 amide bonds. The number of nitrogens with two attached hydrogens (primary N) is 1. The molecule has 2 aromatic rings. The van der Waals surface area contributed by atoms with Gasteiger partial charge in [0.15, 0.2) is 0 Å². The molecule has 4 heteroatoms. The highest BCUT2D eigenvalue weighted by molar-refractivity contribution is 5.68. The molecule has 2 N–H and O–H groups in total. The van der Waals surface area contributed by atoms with Crippen LogP contribution in [0.4, 0.5) is 5.82 Å². The molecule has 19 heavy (non-hydrogen) atoms. The summed E-state index contributed by atoms with van der Waals surface area (Å²) in [6, 6.07) is 7.88.